The highest BCUT2D eigenvalue weighted by Crippen LogP contribution is 2.58. The predicted molar refractivity (Wildman–Crippen MR) is 457 cm³/mol. The summed E-state index contributed by atoms with van der Waals surface area (Å²) in [6.45, 7) is 24.8. The summed E-state index contributed by atoms with van der Waals surface area (Å²) in [6.07, 6.45) is 0. The number of anilines is 9. The van der Waals surface area contributed by atoms with Crippen LogP contribution in [0.2, 0.25) is 0 Å². The van der Waals surface area contributed by atoms with Crippen molar-refractivity contribution in [3.63, 3.8) is 0 Å². The molecule has 0 spiro atoms. The summed E-state index contributed by atoms with van der Waals surface area (Å²) >= 11 is 0. The van der Waals surface area contributed by atoms with Crippen LogP contribution in [0.3, 0.4) is 0 Å². The minimum absolute atomic E-state index is 0.00293. The second-order valence-electron chi connectivity index (χ2n) is 33.3. The van der Waals surface area contributed by atoms with Gasteiger partial charge in [-0.15, -0.1) is 0 Å². The van der Waals surface area contributed by atoms with Crippen molar-refractivity contribution < 1.29 is 18.4 Å². The summed E-state index contributed by atoms with van der Waals surface area (Å²) in [5.74, 6) is 0.805. The molecule has 0 fully saturated rings. The molecule has 0 unspecified atom stereocenters. The molecule has 4 aliphatic rings. The molecule has 518 valence electrons. The smallest absolute Gasteiger partial charge is 0.256 e. The lowest BCUT2D eigenvalue weighted by molar-refractivity contribution is 0.489. The van der Waals surface area contributed by atoms with E-state index >= 15 is 0 Å². The average Bonchev–Trinajstić information content (AvgIpc) is 1.55. The maximum absolute atomic E-state index is 12.0. The third-order valence-corrected chi connectivity index (χ3v) is 22.5. The Bertz CT molecular complexity index is 6620. The Morgan fingerprint density at radius 1 is 0.308 bits per heavy atom. The van der Waals surface area contributed by atoms with E-state index in [4.69, 9.17) is 6.11 Å². The fourth-order valence-electron chi connectivity index (χ4n) is 17.0. The van der Waals surface area contributed by atoms with E-state index in [0.717, 1.165) is 111 Å². The third kappa shape index (κ3) is 10.6. The molecule has 0 saturated heterocycles. The topological polar surface area (TPSA) is 23.9 Å². The van der Waals surface area contributed by atoms with Crippen LogP contribution < -0.4 is 52.2 Å². The van der Waals surface area contributed by atoms with Crippen molar-refractivity contribution in [1.82, 2.24) is 4.57 Å². The molecule has 1 aromatic heterocycles. The first-order valence-electron chi connectivity index (χ1n) is 42.3. The first-order chi connectivity index (χ1) is 55.8. The molecule has 0 amide bonds. The number of hydrogen-bond acceptors (Lipinski definition) is 4. The van der Waals surface area contributed by atoms with Crippen LogP contribution in [0, 0.1) is 0 Å². The normalized spacial score (nSPS) is 14.9. The summed E-state index contributed by atoms with van der Waals surface area (Å²) in [7, 11) is 0. The lowest BCUT2D eigenvalue weighted by Crippen LogP contribution is -2.64. The summed E-state index contributed by atoms with van der Waals surface area (Å²) in [5, 5.41) is 1.88. The van der Waals surface area contributed by atoms with E-state index in [9.17, 15) is 12.3 Å². The Balaban J connectivity index is 1.08. The molecule has 0 radical (unpaired) electrons. The fourth-order valence-corrected chi connectivity index (χ4v) is 17.0. The largest absolute Gasteiger partial charge is 0.456 e. The van der Waals surface area contributed by atoms with E-state index < -0.39 is 41.8 Å². The number of para-hydroxylation sites is 4. The van der Waals surface area contributed by atoms with Crippen molar-refractivity contribution >= 4 is 119 Å². The van der Waals surface area contributed by atoms with Crippen molar-refractivity contribution in [3.8, 4) is 61.7 Å². The van der Waals surface area contributed by atoms with E-state index in [-0.39, 0.29) is 70.8 Å². The van der Waals surface area contributed by atoms with Crippen molar-refractivity contribution in [2.45, 2.75) is 105 Å². The monoisotopic (exact) mass is 1390 g/mol. The standard InChI is InChI=1S/C100H86B2N4O/c1-97(2,3)67-50-53-84-78(54-67)73-44-28-31-47-83(73)104(84)72-51-52-80-86(61-72)105(93-74(63-34-18-13-19-35-63)55-68(98(4,5)6)56-75(93)64-36-20-14-21-37-64)87-59-70(100(10,11)12)60-88-91(87)102(80)82-62-89-92-96(107-90-49-33-30-46-81(90)101(92)79-45-29-32-48-85(79)103(89)71-42-26-17-27-43-71)95(82)106(88)94-76(65-38-22-15-23-39-65)57-69(99(7,8)9)58-77(94)66-40-24-16-25-41-66/h13-62H,1-12H3/i17D,26D,27D,29D,32D,42D,45D,51D,52D,61D. The number of nitrogens with zero attached hydrogens (tertiary/aromatic N) is 4. The van der Waals surface area contributed by atoms with Crippen LogP contribution >= 0.6 is 0 Å². The quantitative estimate of drug-likeness (QED) is 0.142. The average molecular weight is 1390 g/mol. The molecule has 0 N–H and O–H groups in total. The van der Waals surface area contributed by atoms with Crippen LogP contribution in [0.25, 0.3) is 72.0 Å². The predicted octanol–water partition coefficient (Wildman–Crippen LogP) is 23.1. The molecule has 19 rings (SSSR count). The number of rotatable bonds is 8. The lowest BCUT2D eigenvalue weighted by atomic mass is 9.31. The SMILES string of the molecule is [2H]c1cc(N2c3cc([2H])c([2H])c([2H])c3B3c4ccccc4Oc4c3c2cc2c4N(c3c(-c4ccccc4)cc(C(C)(C)C)cc3-c3ccccc3)c3cc(C(C)(C)C)cc4c3B2c2c([2H])c([2H])c(-n3c5ccccc5c5cc(C(C)(C)C)ccc53)c([2H])c2N4c2c(-c3ccccc3)cc(C(C)(C)C)cc2-c2ccccc2)c([2H])c([2H])c1[2H]. The van der Waals surface area contributed by atoms with Gasteiger partial charge in [-0.05, 0) is 196 Å². The van der Waals surface area contributed by atoms with Gasteiger partial charge in [0.1, 0.15) is 11.5 Å². The number of ether oxygens (including phenoxy) is 1. The summed E-state index contributed by atoms with van der Waals surface area (Å²) < 4.78 is 113. The zero-order valence-electron chi connectivity index (χ0n) is 72.4. The minimum Gasteiger partial charge on any atom is -0.456 e. The van der Waals surface area contributed by atoms with Crippen LogP contribution in [0.15, 0.2) is 303 Å². The van der Waals surface area contributed by atoms with Gasteiger partial charge >= 0.3 is 0 Å². The number of aromatic nitrogens is 1. The van der Waals surface area contributed by atoms with Crippen molar-refractivity contribution in [2.75, 3.05) is 14.7 Å². The maximum Gasteiger partial charge on any atom is 0.256 e. The van der Waals surface area contributed by atoms with Gasteiger partial charge in [0, 0.05) is 72.8 Å². The van der Waals surface area contributed by atoms with Crippen molar-refractivity contribution in [2.24, 2.45) is 0 Å². The first-order valence-corrected chi connectivity index (χ1v) is 37.3. The summed E-state index contributed by atoms with van der Waals surface area (Å²) in [4.78, 5) is 6.44. The molecule has 5 nitrogen and oxygen atoms in total. The molecule has 4 aliphatic heterocycles. The van der Waals surface area contributed by atoms with Gasteiger partial charge in [-0.3, -0.25) is 0 Å². The molecular weight excluding hydrogens is 1290 g/mol. The second-order valence-corrected chi connectivity index (χ2v) is 33.3. The molecule has 0 saturated carbocycles. The highest BCUT2D eigenvalue weighted by molar-refractivity contribution is 7.02. The zero-order chi connectivity index (χ0) is 81.9. The summed E-state index contributed by atoms with van der Waals surface area (Å²) in [6, 6.07) is 80.6. The van der Waals surface area contributed by atoms with Crippen LogP contribution in [0.5, 0.6) is 11.5 Å². The Morgan fingerprint density at radius 3 is 1.37 bits per heavy atom. The van der Waals surface area contributed by atoms with Gasteiger partial charge in [0.15, 0.2) is 0 Å². The molecular formula is C100H86B2N4O. The Labute approximate surface area is 645 Å². The van der Waals surface area contributed by atoms with Gasteiger partial charge in [-0.25, -0.2) is 0 Å². The highest BCUT2D eigenvalue weighted by Gasteiger charge is 2.52. The van der Waals surface area contributed by atoms with Crippen LogP contribution in [-0.4, -0.2) is 18.0 Å². The van der Waals surface area contributed by atoms with Gasteiger partial charge in [-0.2, -0.15) is 0 Å². The van der Waals surface area contributed by atoms with Crippen LogP contribution in [0.4, 0.5) is 51.2 Å². The molecule has 0 aliphatic carbocycles. The number of benzene rings is 14. The Kier molecular flexibility index (Phi) is 12.7. The molecule has 15 aromatic rings. The lowest BCUT2D eigenvalue weighted by Gasteiger charge is -2.49. The molecule has 14 aromatic carbocycles. The fraction of sp³-hybridized carbons (Fsp3) is 0.160. The minimum atomic E-state index is -1.09. The zero-order valence-corrected chi connectivity index (χ0v) is 62.4. The van der Waals surface area contributed by atoms with Crippen molar-refractivity contribution in [3.05, 3.63) is 325 Å². The second kappa shape index (κ2) is 24.4. The maximum atomic E-state index is 12.0. The van der Waals surface area contributed by atoms with Gasteiger partial charge in [-0.1, -0.05) is 289 Å². The first kappa shape index (κ1) is 55.7. The molecule has 0 bridgehead atoms. The molecule has 0 atom stereocenters. The van der Waals surface area contributed by atoms with E-state index in [1.807, 2.05) is 65.2 Å². The van der Waals surface area contributed by atoms with E-state index in [2.05, 4.69) is 263 Å². The van der Waals surface area contributed by atoms with Crippen LogP contribution in [0.1, 0.15) is 119 Å². The van der Waals surface area contributed by atoms with E-state index in [1.165, 1.54) is 6.07 Å². The van der Waals surface area contributed by atoms with Gasteiger partial charge < -0.3 is 24.0 Å². The Morgan fingerprint density at radius 2 is 0.785 bits per heavy atom. The van der Waals surface area contributed by atoms with Crippen molar-refractivity contribution in [1.29, 1.82) is 0 Å². The number of hydrogen-bond donors (Lipinski definition) is 0. The molecule has 5 heterocycles. The number of fused-ring (bicyclic) bond motifs is 12. The van der Waals surface area contributed by atoms with Gasteiger partial charge in [0.25, 0.3) is 13.4 Å². The van der Waals surface area contributed by atoms with Gasteiger partial charge in [0.2, 0.25) is 0 Å². The van der Waals surface area contributed by atoms with Gasteiger partial charge in [0.05, 0.1) is 41.8 Å². The highest BCUT2D eigenvalue weighted by atomic mass is 16.5. The third-order valence-electron chi connectivity index (χ3n) is 22.5. The summed E-state index contributed by atoms with van der Waals surface area (Å²) in [5.41, 5.74) is 19.3. The van der Waals surface area contributed by atoms with E-state index in [0.29, 0.717) is 61.6 Å². The van der Waals surface area contributed by atoms with Crippen LogP contribution in [-0.2, 0) is 21.7 Å². The molecule has 107 heavy (non-hydrogen) atoms. The van der Waals surface area contributed by atoms with E-state index in [1.54, 1.807) is 11.0 Å². The molecule has 7 heteroatoms. The Hall–Kier alpha value is -11.8.